The molecule has 0 fully saturated rings. The summed E-state index contributed by atoms with van der Waals surface area (Å²) in [5.41, 5.74) is 0. The predicted molar refractivity (Wildman–Crippen MR) is 58.0 cm³/mol. The zero-order valence-electron chi connectivity index (χ0n) is 9.76. The first-order valence-corrected chi connectivity index (χ1v) is 5.36. The molecule has 0 rings (SSSR count). The molecule has 0 aromatic heterocycles. The Morgan fingerprint density at radius 1 is 1.23 bits per heavy atom. The van der Waals surface area contributed by atoms with Gasteiger partial charge in [-0.2, -0.15) is 0 Å². The molecule has 0 aliphatic heterocycles. The standard InChI is InChI=1S/C11H25NO/c1-6-11(7-10(4)13-5)8-12-9(2)3/h9-12H,6-8H2,1-5H3. The highest BCUT2D eigenvalue weighted by molar-refractivity contribution is 4.66. The van der Waals surface area contributed by atoms with E-state index in [1.807, 2.05) is 0 Å². The minimum Gasteiger partial charge on any atom is -0.382 e. The number of ether oxygens (including phenoxy) is 1. The van der Waals surface area contributed by atoms with Crippen LogP contribution in [-0.2, 0) is 4.74 Å². The highest BCUT2D eigenvalue weighted by atomic mass is 16.5. The zero-order chi connectivity index (χ0) is 10.3. The Hall–Kier alpha value is -0.0800. The largest absolute Gasteiger partial charge is 0.382 e. The van der Waals surface area contributed by atoms with Crippen LogP contribution in [0.2, 0.25) is 0 Å². The lowest BCUT2D eigenvalue weighted by Gasteiger charge is -2.20. The van der Waals surface area contributed by atoms with Crippen LogP contribution in [0.15, 0.2) is 0 Å². The summed E-state index contributed by atoms with van der Waals surface area (Å²) < 4.78 is 5.26. The van der Waals surface area contributed by atoms with E-state index in [-0.39, 0.29) is 0 Å². The maximum Gasteiger partial charge on any atom is 0.0546 e. The molecule has 2 atom stereocenters. The van der Waals surface area contributed by atoms with Gasteiger partial charge in [-0.25, -0.2) is 0 Å². The third-order valence-corrected chi connectivity index (χ3v) is 2.46. The second-order valence-corrected chi connectivity index (χ2v) is 4.12. The van der Waals surface area contributed by atoms with Crippen LogP contribution in [0.1, 0.15) is 40.5 Å². The van der Waals surface area contributed by atoms with Crippen LogP contribution in [0, 0.1) is 5.92 Å². The van der Waals surface area contributed by atoms with Crippen molar-refractivity contribution in [2.75, 3.05) is 13.7 Å². The van der Waals surface area contributed by atoms with Gasteiger partial charge in [0.05, 0.1) is 6.10 Å². The van der Waals surface area contributed by atoms with Crippen molar-refractivity contribution in [1.29, 1.82) is 0 Å². The maximum atomic E-state index is 5.26. The van der Waals surface area contributed by atoms with Crippen LogP contribution in [0.5, 0.6) is 0 Å². The number of methoxy groups -OCH3 is 1. The number of nitrogens with one attached hydrogen (secondary N) is 1. The van der Waals surface area contributed by atoms with Crippen molar-refractivity contribution in [3.8, 4) is 0 Å². The predicted octanol–water partition coefficient (Wildman–Crippen LogP) is 2.44. The van der Waals surface area contributed by atoms with Crippen LogP contribution in [-0.4, -0.2) is 25.8 Å². The summed E-state index contributed by atoms with van der Waals surface area (Å²) in [6.07, 6.45) is 2.78. The maximum absolute atomic E-state index is 5.26. The summed E-state index contributed by atoms with van der Waals surface area (Å²) in [5, 5.41) is 3.47. The summed E-state index contributed by atoms with van der Waals surface area (Å²) in [7, 11) is 1.78. The molecule has 0 amide bonds. The quantitative estimate of drug-likeness (QED) is 0.661. The zero-order valence-corrected chi connectivity index (χ0v) is 9.76. The van der Waals surface area contributed by atoms with E-state index < -0.39 is 0 Å². The Morgan fingerprint density at radius 3 is 2.23 bits per heavy atom. The van der Waals surface area contributed by atoms with Gasteiger partial charge in [0.2, 0.25) is 0 Å². The van der Waals surface area contributed by atoms with Crippen molar-refractivity contribution in [3.63, 3.8) is 0 Å². The summed E-state index contributed by atoms with van der Waals surface area (Å²) >= 11 is 0. The van der Waals surface area contributed by atoms with E-state index in [1.54, 1.807) is 7.11 Å². The summed E-state index contributed by atoms with van der Waals surface area (Å²) in [5.74, 6) is 0.748. The van der Waals surface area contributed by atoms with E-state index >= 15 is 0 Å². The van der Waals surface area contributed by atoms with Crippen LogP contribution >= 0.6 is 0 Å². The van der Waals surface area contributed by atoms with Gasteiger partial charge in [0, 0.05) is 13.2 Å². The average molecular weight is 187 g/mol. The molecule has 0 heterocycles. The van der Waals surface area contributed by atoms with Gasteiger partial charge < -0.3 is 10.1 Å². The summed E-state index contributed by atoms with van der Waals surface area (Å²) in [6.45, 7) is 9.87. The smallest absolute Gasteiger partial charge is 0.0546 e. The van der Waals surface area contributed by atoms with Gasteiger partial charge in [0.1, 0.15) is 0 Å². The van der Waals surface area contributed by atoms with Gasteiger partial charge in [-0.3, -0.25) is 0 Å². The highest BCUT2D eigenvalue weighted by Gasteiger charge is 2.10. The summed E-state index contributed by atoms with van der Waals surface area (Å²) in [6, 6.07) is 0.590. The molecule has 80 valence electrons. The normalized spacial score (nSPS) is 16.2. The first-order valence-electron chi connectivity index (χ1n) is 5.36. The fraction of sp³-hybridized carbons (Fsp3) is 1.00. The van der Waals surface area contributed by atoms with E-state index in [2.05, 4.69) is 33.0 Å². The molecule has 0 aliphatic rings. The lowest BCUT2D eigenvalue weighted by atomic mass is 9.99. The third-order valence-electron chi connectivity index (χ3n) is 2.46. The molecule has 0 aromatic rings. The lowest BCUT2D eigenvalue weighted by Crippen LogP contribution is -2.30. The molecule has 0 aromatic carbocycles. The van der Waals surface area contributed by atoms with Crippen molar-refractivity contribution in [1.82, 2.24) is 5.32 Å². The van der Waals surface area contributed by atoms with Gasteiger partial charge in [0.15, 0.2) is 0 Å². The first kappa shape index (κ1) is 12.9. The van der Waals surface area contributed by atoms with Gasteiger partial charge >= 0.3 is 0 Å². The van der Waals surface area contributed by atoms with Gasteiger partial charge in [0.25, 0.3) is 0 Å². The molecule has 1 N–H and O–H groups in total. The molecule has 2 unspecified atom stereocenters. The minimum atomic E-state index is 0.388. The monoisotopic (exact) mass is 187 g/mol. The van der Waals surface area contributed by atoms with Crippen molar-refractivity contribution in [3.05, 3.63) is 0 Å². The first-order chi connectivity index (χ1) is 6.10. The van der Waals surface area contributed by atoms with Crippen LogP contribution in [0.3, 0.4) is 0 Å². The van der Waals surface area contributed by atoms with Gasteiger partial charge in [-0.05, 0) is 25.8 Å². The number of hydrogen-bond donors (Lipinski definition) is 1. The SMILES string of the molecule is CCC(CNC(C)C)CC(C)OC. The fourth-order valence-electron chi connectivity index (χ4n) is 1.36. The Labute approximate surface area is 83.1 Å². The second kappa shape index (κ2) is 7.34. The van der Waals surface area contributed by atoms with Crippen LogP contribution in [0.4, 0.5) is 0 Å². The molecule has 0 radical (unpaired) electrons. The number of rotatable bonds is 7. The Morgan fingerprint density at radius 2 is 1.85 bits per heavy atom. The van der Waals surface area contributed by atoms with Crippen molar-refractivity contribution in [2.45, 2.75) is 52.7 Å². The highest BCUT2D eigenvalue weighted by Crippen LogP contribution is 2.11. The Bertz CT molecular complexity index is 115. The molecule has 0 saturated carbocycles. The van der Waals surface area contributed by atoms with Crippen molar-refractivity contribution in [2.24, 2.45) is 5.92 Å². The van der Waals surface area contributed by atoms with E-state index in [0.717, 1.165) is 18.9 Å². The Balaban J connectivity index is 3.62. The third kappa shape index (κ3) is 7.03. The molecular formula is C11H25NO. The van der Waals surface area contributed by atoms with E-state index in [9.17, 15) is 0 Å². The topological polar surface area (TPSA) is 21.3 Å². The molecule has 2 nitrogen and oxygen atoms in total. The fourth-order valence-corrected chi connectivity index (χ4v) is 1.36. The Kier molecular flexibility index (Phi) is 7.29. The van der Waals surface area contributed by atoms with Gasteiger partial charge in [-0.15, -0.1) is 0 Å². The van der Waals surface area contributed by atoms with Crippen LogP contribution < -0.4 is 5.32 Å². The molecule has 13 heavy (non-hydrogen) atoms. The molecule has 0 aliphatic carbocycles. The second-order valence-electron chi connectivity index (χ2n) is 4.12. The minimum absolute atomic E-state index is 0.388. The molecule has 0 spiro atoms. The molecule has 0 saturated heterocycles. The molecular weight excluding hydrogens is 162 g/mol. The van der Waals surface area contributed by atoms with Gasteiger partial charge in [-0.1, -0.05) is 27.2 Å². The van der Waals surface area contributed by atoms with E-state index in [1.165, 1.54) is 6.42 Å². The lowest BCUT2D eigenvalue weighted by molar-refractivity contribution is 0.0936. The van der Waals surface area contributed by atoms with E-state index in [0.29, 0.717) is 12.1 Å². The molecule has 0 bridgehead atoms. The van der Waals surface area contributed by atoms with Crippen molar-refractivity contribution < 1.29 is 4.74 Å². The van der Waals surface area contributed by atoms with Crippen molar-refractivity contribution >= 4 is 0 Å². The molecule has 2 heteroatoms. The average Bonchev–Trinajstić information content (AvgIpc) is 2.11. The summed E-state index contributed by atoms with van der Waals surface area (Å²) in [4.78, 5) is 0. The van der Waals surface area contributed by atoms with Crippen LogP contribution in [0.25, 0.3) is 0 Å². The van der Waals surface area contributed by atoms with E-state index in [4.69, 9.17) is 4.74 Å². The number of hydrogen-bond acceptors (Lipinski definition) is 2.